The second kappa shape index (κ2) is 7.93. The minimum atomic E-state index is -0.00331. The van der Waals surface area contributed by atoms with E-state index in [2.05, 4.69) is 15.3 Å². The lowest BCUT2D eigenvalue weighted by Gasteiger charge is -2.27. The van der Waals surface area contributed by atoms with Gasteiger partial charge in [0.15, 0.2) is 0 Å². The van der Waals surface area contributed by atoms with Crippen LogP contribution in [0.2, 0.25) is 0 Å². The average Bonchev–Trinajstić information content (AvgIpc) is 3.04. The Balaban J connectivity index is 1.56. The van der Waals surface area contributed by atoms with Crippen molar-refractivity contribution in [3.8, 4) is 5.88 Å². The molecule has 1 aliphatic heterocycles. The van der Waals surface area contributed by atoms with E-state index < -0.39 is 0 Å². The van der Waals surface area contributed by atoms with Gasteiger partial charge < -0.3 is 19.9 Å². The van der Waals surface area contributed by atoms with Crippen LogP contribution in [0.3, 0.4) is 0 Å². The highest BCUT2D eigenvalue weighted by molar-refractivity contribution is 5.33. The van der Waals surface area contributed by atoms with E-state index in [0.29, 0.717) is 12.5 Å². The number of rotatable bonds is 7. The number of hydrogen-bond donors (Lipinski definition) is 2. The molecule has 2 fully saturated rings. The second-order valence-corrected chi connectivity index (χ2v) is 6.75. The lowest BCUT2D eigenvalue weighted by molar-refractivity contribution is 0.133. The summed E-state index contributed by atoms with van der Waals surface area (Å²) < 4.78 is 11.5. The summed E-state index contributed by atoms with van der Waals surface area (Å²) >= 11 is 0. The number of ether oxygens (including phenoxy) is 2. The molecule has 1 atom stereocenters. The fourth-order valence-corrected chi connectivity index (χ4v) is 3.43. The van der Waals surface area contributed by atoms with Gasteiger partial charge in [-0.3, -0.25) is 4.98 Å². The summed E-state index contributed by atoms with van der Waals surface area (Å²) in [7, 11) is 0. The molecule has 0 amide bonds. The topological polar surface area (TPSA) is 76.5 Å². The van der Waals surface area contributed by atoms with Gasteiger partial charge in [-0.05, 0) is 38.5 Å². The number of nitrogens with zero attached hydrogens (tertiary/aromatic N) is 2. The van der Waals surface area contributed by atoms with Gasteiger partial charge in [0.05, 0.1) is 19.0 Å². The molecule has 2 aliphatic rings. The minimum Gasteiger partial charge on any atom is -0.473 e. The molecule has 0 bridgehead atoms. The lowest BCUT2D eigenvalue weighted by atomic mass is 9.84. The van der Waals surface area contributed by atoms with E-state index in [9.17, 15) is 5.11 Å². The van der Waals surface area contributed by atoms with E-state index in [4.69, 9.17) is 9.47 Å². The van der Waals surface area contributed by atoms with E-state index in [1.54, 1.807) is 12.4 Å². The maximum Gasteiger partial charge on any atom is 0.234 e. The first-order chi connectivity index (χ1) is 11.3. The number of aromatic nitrogens is 2. The molecule has 0 aromatic carbocycles. The molecule has 128 valence electrons. The highest BCUT2D eigenvalue weighted by Crippen LogP contribution is 2.32. The number of aliphatic hydroxyl groups excluding tert-OH is 1. The molecule has 3 rings (SSSR count). The smallest absolute Gasteiger partial charge is 0.234 e. The van der Waals surface area contributed by atoms with Crippen molar-refractivity contribution in [3.63, 3.8) is 0 Å². The molecule has 1 saturated carbocycles. The van der Waals surface area contributed by atoms with Crippen molar-refractivity contribution in [2.45, 2.75) is 51.0 Å². The monoisotopic (exact) mass is 321 g/mol. The molecule has 2 heterocycles. The molecule has 6 heteroatoms. The van der Waals surface area contributed by atoms with Crippen molar-refractivity contribution in [2.24, 2.45) is 5.41 Å². The van der Waals surface area contributed by atoms with E-state index >= 15 is 0 Å². The van der Waals surface area contributed by atoms with Crippen LogP contribution in [-0.2, 0) is 4.74 Å². The van der Waals surface area contributed by atoms with Crippen LogP contribution in [0.25, 0.3) is 0 Å². The zero-order chi connectivity index (χ0) is 16.0. The first-order valence-corrected chi connectivity index (χ1v) is 8.71. The Morgan fingerprint density at radius 3 is 2.91 bits per heavy atom. The van der Waals surface area contributed by atoms with Crippen LogP contribution in [0.4, 0.5) is 5.82 Å². The van der Waals surface area contributed by atoms with Crippen LogP contribution in [0.1, 0.15) is 44.9 Å². The number of aliphatic hydroxyl groups is 1. The van der Waals surface area contributed by atoms with Crippen molar-refractivity contribution < 1.29 is 14.6 Å². The lowest BCUT2D eigenvalue weighted by Crippen LogP contribution is -2.31. The summed E-state index contributed by atoms with van der Waals surface area (Å²) in [6.45, 7) is 2.36. The SMILES string of the molecule is OCCC1(CNc2cncc(OC3CCCCC3)n2)CCOC1. The zero-order valence-electron chi connectivity index (χ0n) is 13.7. The Labute approximate surface area is 137 Å². The van der Waals surface area contributed by atoms with Gasteiger partial charge in [0.1, 0.15) is 11.9 Å². The summed E-state index contributed by atoms with van der Waals surface area (Å²) in [5, 5.41) is 12.6. The second-order valence-electron chi connectivity index (χ2n) is 6.75. The Hall–Kier alpha value is -1.40. The normalized spacial score (nSPS) is 25.4. The van der Waals surface area contributed by atoms with Gasteiger partial charge in [-0.15, -0.1) is 0 Å². The van der Waals surface area contributed by atoms with Gasteiger partial charge >= 0.3 is 0 Å². The first kappa shape index (κ1) is 16.5. The quantitative estimate of drug-likeness (QED) is 0.803. The predicted octanol–water partition coefficient (Wildman–Crippen LogP) is 2.39. The van der Waals surface area contributed by atoms with Crippen molar-refractivity contribution in [3.05, 3.63) is 12.4 Å². The third-order valence-corrected chi connectivity index (χ3v) is 4.92. The number of hydrogen-bond acceptors (Lipinski definition) is 6. The fourth-order valence-electron chi connectivity index (χ4n) is 3.43. The van der Waals surface area contributed by atoms with E-state index in [0.717, 1.165) is 44.7 Å². The maximum absolute atomic E-state index is 9.28. The molecule has 6 nitrogen and oxygen atoms in total. The van der Waals surface area contributed by atoms with Crippen LogP contribution >= 0.6 is 0 Å². The highest BCUT2D eigenvalue weighted by Gasteiger charge is 2.34. The van der Waals surface area contributed by atoms with Gasteiger partial charge in [0.25, 0.3) is 0 Å². The van der Waals surface area contributed by atoms with Gasteiger partial charge in [-0.1, -0.05) is 6.42 Å². The van der Waals surface area contributed by atoms with E-state index in [1.807, 2.05) is 0 Å². The molecule has 2 N–H and O–H groups in total. The van der Waals surface area contributed by atoms with Gasteiger partial charge in [-0.2, -0.15) is 4.98 Å². The predicted molar refractivity (Wildman–Crippen MR) is 87.6 cm³/mol. The van der Waals surface area contributed by atoms with Crippen molar-refractivity contribution in [1.82, 2.24) is 9.97 Å². The molecular formula is C17H27N3O3. The minimum absolute atomic E-state index is 0.00331. The summed E-state index contributed by atoms with van der Waals surface area (Å²) in [5.74, 6) is 1.32. The Kier molecular flexibility index (Phi) is 5.67. The van der Waals surface area contributed by atoms with Crippen LogP contribution in [0, 0.1) is 5.41 Å². The molecule has 23 heavy (non-hydrogen) atoms. The molecule has 0 radical (unpaired) electrons. The van der Waals surface area contributed by atoms with Gasteiger partial charge in [0.2, 0.25) is 5.88 Å². The summed E-state index contributed by atoms with van der Waals surface area (Å²) in [5.41, 5.74) is -0.00331. The summed E-state index contributed by atoms with van der Waals surface area (Å²) in [4.78, 5) is 8.75. The molecule has 1 unspecified atom stereocenters. The Morgan fingerprint density at radius 1 is 1.30 bits per heavy atom. The number of anilines is 1. The highest BCUT2D eigenvalue weighted by atomic mass is 16.5. The molecule has 1 aromatic heterocycles. The summed E-state index contributed by atoms with van der Waals surface area (Å²) in [6, 6.07) is 0. The molecule has 1 saturated heterocycles. The molecule has 1 aliphatic carbocycles. The van der Waals surface area contributed by atoms with Crippen LogP contribution in [-0.4, -0.2) is 47.5 Å². The van der Waals surface area contributed by atoms with Crippen molar-refractivity contribution in [2.75, 3.05) is 31.7 Å². The van der Waals surface area contributed by atoms with E-state index in [-0.39, 0.29) is 18.1 Å². The Bertz CT molecular complexity index is 486. The van der Waals surface area contributed by atoms with Crippen LogP contribution < -0.4 is 10.1 Å². The van der Waals surface area contributed by atoms with Gasteiger partial charge in [-0.25, -0.2) is 0 Å². The van der Waals surface area contributed by atoms with E-state index in [1.165, 1.54) is 19.3 Å². The molecule has 1 aromatic rings. The zero-order valence-corrected chi connectivity index (χ0v) is 13.7. The maximum atomic E-state index is 9.28. The van der Waals surface area contributed by atoms with Gasteiger partial charge in [0, 0.05) is 25.2 Å². The van der Waals surface area contributed by atoms with Crippen molar-refractivity contribution in [1.29, 1.82) is 0 Å². The fraction of sp³-hybridized carbons (Fsp3) is 0.765. The van der Waals surface area contributed by atoms with Crippen LogP contribution in [0.5, 0.6) is 5.88 Å². The molecule has 0 spiro atoms. The van der Waals surface area contributed by atoms with Crippen molar-refractivity contribution >= 4 is 5.82 Å². The standard InChI is InChI=1S/C17H27N3O3/c21-8-6-17(7-9-22-13-17)12-19-15-10-18-11-16(20-15)23-14-4-2-1-3-5-14/h10-11,14,21H,1-9,12-13H2,(H,19,20). The average molecular weight is 321 g/mol. The number of nitrogens with one attached hydrogen (secondary N) is 1. The third kappa shape index (κ3) is 4.54. The summed E-state index contributed by atoms with van der Waals surface area (Å²) in [6.07, 6.45) is 11.4. The third-order valence-electron chi connectivity index (χ3n) is 4.92. The molecular weight excluding hydrogens is 294 g/mol. The largest absolute Gasteiger partial charge is 0.473 e. The first-order valence-electron chi connectivity index (χ1n) is 8.71. The Morgan fingerprint density at radius 2 is 2.17 bits per heavy atom. The van der Waals surface area contributed by atoms with Crippen LogP contribution in [0.15, 0.2) is 12.4 Å².